The van der Waals surface area contributed by atoms with Crippen LogP contribution in [0.5, 0.6) is 0 Å². The second-order valence-corrected chi connectivity index (χ2v) is 25.6. The van der Waals surface area contributed by atoms with Crippen LogP contribution < -0.4 is 31.8 Å². The molecule has 1 saturated carbocycles. The van der Waals surface area contributed by atoms with Gasteiger partial charge in [-0.25, -0.2) is 0 Å². The molecule has 58 heavy (non-hydrogen) atoms. The van der Waals surface area contributed by atoms with Gasteiger partial charge < -0.3 is 0 Å². The van der Waals surface area contributed by atoms with E-state index >= 15 is 0 Å². The second kappa shape index (κ2) is 18.1. The Hall–Kier alpha value is -4.60. The van der Waals surface area contributed by atoms with E-state index in [1.165, 1.54) is 85.9 Å². The van der Waals surface area contributed by atoms with Crippen LogP contribution in [0.1, 0.15) is 70.4 Å². The molecule has 0 amide bonds. The van der Waals surface area contributed by atoms with Crippen molar-refractivity contribution in [3.63, 3.8) is 0 Å². The summed E-state index contributed by atoms with van der Waals surface area (Å²) in [7, 11) is -4.89. The Labute approximate surface area is 350 Å². The van der Waals surface area contributed by atoms with Crippen molar-refractivity contribution in [3.05, 3.63) is 205 Å². The van der Waals surface area contributed by atoms with Crippen LogP contribution in [-0.4, -0.2) is 6.16 Å². The molecule has 1 fully saturated rings. The molecule has 0 saturated heterocycles. The zero-order valence-corrected chi connectivity index (χ0v) is 37.0. The van der Waals surface area contributed by atoms with Crippen LogP contribution in [0.15, 0.2) is 194 Å². The molecule has 0 atom stereocenters. The van der Waals surface area contributed by atoms with Gasteiger partial charge in [0.05, 0.1) is 0 Å². The SMILES string of the molecule is CC(C)c1ccc(C[PH](c2ccccc2)(c2ccccc2)c2cccc(-c3ccc([PH](CC4CCC(C(C)C)CC4)(c4ccccc4)c4ccccc4)cc3)c2)cc1. The van der Waals surface area contributed by atoms with Crippen molar-refractivity contribution in [3.8, 4) is 11.1 Å². The Balaban J connectivity index is 1.23. The zero-order valence-electron chi connectivity index (χ0n) is 35.0. The molecule has 0 bridgehead atoms. The van der Waals surface area contributed by atoms with Gasteiger partial charge in [0.15, 0.2) is 0 Å². The van der Waals surface area contributed by atoms with Crippen molar-refractivity contribution in [1.29, 1.82) is 0 Å². The maximum absolute atomic E-state index is 2.54. The van der Waals surface area contributed by atoms with E-state index in [2.05, 4.69) is 222 Å². The number of hydrogen-bond acceptors (Lipinski definition) is 0. The standard InChI is InChI=1S/C56H62P2/c1-43(2)47-32-28-45(29-33-47)41-57(51-19-9-5-10-20-51,52-21-11-6-12-22-52)55-38-36-49(37-39-55)50-18-17-27-56(40-50)58(53-23-13-7-14-24-53,54-25-15-8-16-26-54)42-46-30-34-48(35-31-46)44(3)4/h5-27,30-31,34-40,43-45,47,57-58H,28-29,32-33,41-42H2,1-4H3. The van der Waals surface area contributed by atoms with Gasteiger partial charge in [0.2, 0.25) is 0 Å². The minimum absolute atomic E-state index is 0.514. The Morgan fingerprint density at radius 1 is 0.414 bits per heavy atom. The summed E-state index contributed by atoms with van der Waals surface area (Å²) in [5.74, 6) is 2.91. The molecule has 1 aliphatic rings. The molecular formula is C56H62P2. The Morgan fingerprint density at radius 3 is 1.33 bits per heavy atom. The van der Waals surface area contributed by atoms with Gasteiger partial charge in [-0.05, 0) is 0 Å². The van der Waals surface area contributed by atoms with Gasteiger partial charge in [0.25, 0.3) is 0 Å². The van der Waals surface area contributed by atoms with Crippen LogP contribution >= 0.6 is 14.5 Å². The first-order chi connectivity index (χ1) is 28.4. The number of benzene rings is 7. The monoisotopic (exact) mass is 796 g/mol. The molecule has 7 aromatic carbocycles. The Bertz CT molecular complexity index is 2240. The van der Waals surface area contributed by atoms with E-state index < -0.39 is 14.5 Å². The maximum atomic E-state index is 2.54. The van der Waals surface area contributed by atoms with Crippen LogP contribution in [0.25, 0.3) is 11.1 Å². The van der Waals surface area contributed by atoms with E-state index in [1.54, 1.807) is 0 Å². The first kappa shape index (κ1) is 40.2. The quantitative estimate of drug-likeness (QED) is 0.102. The van der Waals surface area contributed by atoms with E-state index in [4.69, 9.17) is 0 Å². The Morgan fingerprint density at radius 2 is 0.862 bits per heavy atom. The molecule has 0 spiro atoms. The molecule has 296 valence electrons. The molecule has 0 unspecified atom stereocenters. The summed E-state index contributed by atoms with van der Waals surface area (Å²) in [5, 5.41) is 8.94. The van der Waals surface area contributed by atoms with Gasteiger partial charge in [-0.2, -0.15) is 0 Å². The fraction of sp³-hybridized carbons (Fsp3) is 0.250. The Kier molecular flexibility index (Phi) is 12.6. The van der Waals surface area contributed by atoms with Crippen LogP contribution in [0.2, 0.25) is 0 Å². The molecule has 0 heterocycles. The predicted molar refractivity (Wildman–Crippen MR) is 261 cm³/mol. The summed E-state index contributed by atoms with van der Waals surface area (Å²) in [6, 6.07) is 75.0. The van der Waals surface area contributed by atoms with Crippen molar-refractivity contribution in [2.45, 2.75) is 65.5 Å². The third-order valence-corrected chi connectivity index (χ3v) is 23.7. The van der Waals surface area contributed by atoms with E-state index in [-0.39, 0.29) is 0 Å². The normalized spacial score (nSPS) is 16.7. The summed E-state index contributed by atoms with van der Waals surface area (Å²) >= 11 is 0. The molecule has 0 aromatic heterocycles. The molecule has 7 aromatic rings. The van der Waals surface area contributed by atoms with E-state index in [0.717, 1.165) is 23.9 Å². The van der Waals surface area contributed by atoms with Crippen molar-refractivity contribution in [1.82, 2.24) is 0 Å². The van der Waals surface area contributed by atoms with Crippen LogP contribution in [0.4, 0.5) is 0 Å². The van der Waals surface area contributed by atoms with Gasteiger partial charge in [-0.1, -0.05) is 0 Å². The van der Waals surface area contributed by atoms with E-state index in [0.29, 0.717) is 5.92 Å². The average Bonchev–Trinajstić information content (AvgIpc) is 3.29. The summed E-state index contributed by atoms with van der Waals surface area (Å²) in [5.41, 5.74) is 5.38. The predicted octanol–water partition coefficient (Wildman–Crippen LogP) is 12.2. The molecule has 0 nitrogen and oxygen atoms in total. The fourth-order valence-corrected chi connectivity index (χ4v) is 20.3. The molecule has 0 aliphatic heterocycles. The van der Waals surface area contributed by atoms with Crippen molar-refractivity contribution in [2.24, 2.45) is 17.8 Å². The van der Waals surface area contributed by atoms with Gasteiger partial charge in [-0.3, -0.25) is 0 Å². The molecule has 0 N–H and O–H groups in total. The number of rotatable bonds is 13. The van der Waals surface area contributed by atoms with E-state index in [9.17, 15) is 0 Å². The summed E-state index contributed by atoms with van der Waals surface area (Å²) in [4.78, 5) is 0. The first-order valence-electron chi connectivity index (χ1n) is 21.9. The third-order valence-electron chi connectivity index (χ3n) is 13.7. The summed E-state index contributed by atoms with van der Waals surface area (Å²) < 4.78 is 0. The number of hydrogen-bond donors (Lipinski definition) is 0. The molecule has 2 heteroatoms. The van der Waals surface area contributed by atoms with E-state index in [1.807, 2.05) is 0 Å². The molecule has 8 rings (SSSR count). The van der Waals surface area contributed by atoms with Gasteiger partial charge in [0.1, 0.15) is 0 Å². The summed E-state index contributed by atoms with van der Waals surface area (Å²) in [6.07, 6.45) is 7.69. The van der Waals surface area contributed by atoms with Crippen LogP contribution in [0, 0.1) is 17.8 Å². The third kappa shape index (κ3) is 8.30. The van der Waals surface area contributed by atoms with Crippen LogP contribution in [0.3, 0.4) is 0 Å². The minimum atomic E-state index is -2.53. The van der Waals surface area contributed by atoms with Crippen molar-refractivity contribution >= 4 is 46.4 Å². The second-order valence-electron chi connectivity index (χ2n) is 17.7. The molecule has 0 radical (unpaired) electrons. The van der Waals surface area contributed by atoms with Gasteiger partial charge in [-0.15, -0.1) is 0 Å². The van der Waals surface area contributed by atoms with Crippen LogP contribution in [-0.2, 0) is 6.16 Å². The van der Waals surface area contributed by atoms with Gasteiger partial charge >= 0.3 is 352 Å². The summed E-state index contributed by atoms with van der Waals surface area (Å²) in [6.45, 7) is 9.41. The average molecular weight is 797 g/mol. The van der Waals surface area contributed by atoms with Crippen molar-refractivity contribution < 1.29 is 0 Å². The van der Waals surface area contributed by atoms with Gasteiger partial charge in [0, 0.05) is 0 Å². The molecule has 1 aliphatic carbocycles. The topological polar surface area (TPSA) is 0 Å². The molecular weight excluding hydrogens is 735 g/mol. The fourth-order valence-electron chi connectivity index (χ4n) is 10.3. The zero-order chi connectivity index (χ0) is 40.0. The first-order valence-corrected chi connectivity index (χ1v) is 26.3. The van der Waals surface area contributed by atoms with Crippen molar-refractivity contribution in [2.75, 3.05) is 6.16 Å².